The summed E-state index contributed by atoms with van der Waals surface area (Å²) in [6, 6.07) is 7.12. The molecule has 1 aromatic rings. The van der Waals surface area contributed by atoms with Crippen molar-refractivity contribution in [2.24, 2.45) is 5.10 Å². The topological polar surface area (TPSA) is 89.0 Å². The van der Waals surface area contributed by atoms with E-state index in [-0.39, 0.29) is 6.10 Å². The molecule has 1 aliphatic heterocycles. The van der Waals surface area contributed by atoms with Crippen LogP contribution in [-0.4, -0.2) is 44.4 Å². The molecule has 2 rings (SSSR count). The molecule has 1 heterocycles. The third kappa shape index (κ3) is 4.85. The van der Waals surface area contributed by atoms with Crippen molar-refractivity contribution in [3.63, 3.8) is 0 Å². The second-order valence-electron chi connectivity index (χ2n) is 4.82. The number of carbonyl (C=O) groups excluding carboxylic acids is 2. The van der Waals surface area contributed by atoms with Crippen molar-refractivity contribution in [2.75, 3.05) is 20.3 Å². The van der Waals surface area contributed by atoms with Gasteiger partial charge in [-0.2, -0.15) is 5.10 Å². The van der Waals surface area contributed by atoms with Crippen LogP contribution in [0.4, 0.5) is 0 Å². The minimum Gasteiger partial charge on any atom is -0.497 e. The smallest absolute Gasteiger partial charge is 0.329 e. The predicted octanol–water partition coefficient (Wildman–Crippen LogP) is 0.440. The van der Waals surface area contributed by atoms with Crippen LogP contribution in [0.15, 0.2) is 29.4 Å². The van der Waals surface area contributed by atoms with Crippen LogP contribution >= 0.6 is 0 Å². The monoisotopic (exact) mass is 305 g/mol. The molecular formula is C15H19N3O4. The van der Waals surface area contributed by atoms with Gasteiger partial charge in [-0.3, -0.25) is 9.59 Å². The summed E-state index contributed by atoms with van der Waals surface area (Å²) in [4.78, 5) is 23.1. The lowest BCUT2D eigenvalue weighted by Crippen LogP contribution is -2.41. The van der Waals surface area contributed by atoms with Crippen LogP contribution < -0.4 is 15.5 Å². The van der Waals surface area contributed by atoms with Crippen molar-refractivity contribution in [3.05, 3.63) is 29.8 Å². The zero-order chi connectivity index (χ0) is 15.8. The molecule has 0 bridgehead atoms. The summed E-state index contributed by atoms with van der Waals surface area (Å²) in [5, 5.41) is 6.26. The Kier molecular flexibility index (Phi) is 5.91. The second-order valence-corrected chi connectivity index (χ2v) is 4.82. The molecule has 1 fully saturated rings. The summed E-state index contributed by atoms with van der Waals surface area (Å²) in [5.74, 6) is -0.792. The van der Waals surface area contributed by atoms with Gasteiger partial charge in [0.25, 0.3) is 0 Å². The lowest BCUT2D eigenvalue weighted by atomic mass is 10.2. The highest BCUT2D eigenvalue weighted by molar-refractivity contribution is 6.35. The average Bonchev–Trinajstić information content (AvgIpc) is 3.06. The molecule has 2 N–H and O–H groups in total. The Labute approximate surface area is 128 Å². The lowest BCUT2D eigenvalue weighted by molar-refractivity contribution is -0.139. The van der Waals surface area contributed by atoms with Gasteiger partial charge in [-0.15, -0.1) is 0 Å². The molecule has 1 aromatic carbocycles. The SMILES string of the molecule is COc1ccc(/C=N\NC(=O)C(=O)NC[C@@H]2CCCO2)cc1. The van der Waals surface area contributed by atoms with Crippen LogP contribution in [0.5, 0.6) is 5.75 Å². The number of nitrogens with one attached hydrogen (secondary N) is 2. The standard InChI is InChI=1S/C15H19N3O4/c1-21-12-6-4-11(5-7-12)9-17-18-15(20)14(19)16-10-13-3-2-8-22-13/h4-7,9,13H,2-3,8,10H2,1H3,(H,16,19)(H,18,20)/b17-9-/t13-/m0/s1. The molecule has 0 unspecified atom stereocenters. The van der Waals surface area contributed by atoms with Crippen LogP contribution in [0.25, 0.3) is 0 Å². The van der Waals surface area contributed by atoms with Gasteiger partial charge in [0.05, 0.1) is 19.4 Å². The third-order valence-corrected chi connectivity index (χ3v) is 3.22. The van der Waals surface area contributed by atoms with E-state index < -0.39 is 11.8 Å². The predicted molar refractivity (Wildman–Crippen MR) is 80.7 cm³/mol. The third-order valence-electron chi connectivity index (χ3n) is 3.22. The summed E-state index contributed by atoms with van der Waals surface area (Å²) >= 11 is 0. The van der Waals surface area contributed by atoms with E-state index in [2.05, 4.69) is 15.8 Å². The molecule has 1 atom stereocenters. The van der Waals surface area contributed by atoms with Gasteiger partial charge in [-0.25, -0.2) is 5.43 Å². The van der Waals surface area contributed by atoms with Gasteiger partial charge in [0.2, 0.25) is 0 Å². The largest absolute Gasteiger partial charge is 0.497 e. The van der Waals surface area contributed by atoms with Crippen molar-refractivity contribution < 1.29 is 19.1 Å². The summed E-state index contributed by atoms with van der Waals surface area (Å²) in [6.07, 6.45) is 3.33. The fraction of sp³-hybridized carbons (Fsp3) is 0.400. The Balaban J connectivity index is 1.73. The highest BCUT2D eigenvalue weighted by atomic mass is 16.5. The molecule has 22 heavy (non-hydrogen) atoms. The van der Waals surface area contributed by atoms with E-state index in [1.54, 1.807) is 31.4 Å². The Morgan fingerprint density at radius 3 is 2.77 bits per heavy atom. The van der Waals surface area contributed by atoms with Crippen molar-refractivity contribution >= 4 is 18.0 Å². The Bertz CT molecular complexity index is 536. The summed E-state index contributed by atoms with van der Waals surface area (Å²) in [5.41, 5.74) is 2.96. The van der Waals surface area contributed by atoms with E-state index >= 15 is 0 Å². The molecule has 1 saturated heterocycles. The fourth-order valence-corrected chi connectivity index (χ4v) is 2.00. The van der Waals surface area contributed by atoms with E-state index in [0.29, 0.717) is 13.2 Å². The molecule has 0 saturated carbocycles. The molecular weight excluding hydrogens is 286 g/mol. The molecule has 0 spiro atoms. The van der Waals surface area contributed by atoms with Gasteiger partial charge in [0.15, 0.2) is 0 Å². The molecule has 7 nitrogen and oxygen atoms in total. The van der Waals surface area contributed by atoms with Gasteiger partial charge in [0, 0.05) is 13.2 Å². The highest BCUT2D eigenvalue weighted by Gasteiger charge is 2.18. The first kappa shape index (κ1) is 16.0. The first-order valence-corrected chi connectivity index (χ1v) is 7.06. The minimum atomic E-state index is -0.803. The number of nitrogens with zero attached hydrogens (tertiary/aromatic N) is 1. The van der Waals surface area contributed by atoms with Crippen molar-refractivity contribution in [3.8, 4) is 5.75 Å². The van der Waals surface area contributed by atoms with E-state index in [1.165, 1.54) is 6.21 Å². The normalized spacial score (nSPS) is 17.4. The number of benzene rings is 1. The van der Waals surface area contributed by atoms with Crippen LogP contribution in [0.2, 0.25) is 0 Å². The average molecular weight is 305 g/mol. The molecule has 1 aliphatic rings. The van der Waals surface area contributed by atoms with E-state index in [1.807, 2.05) is 0 Å². The summed E-state index contributed by atoms with van der Waals surface area (Å²) in [7, 11) is 1.58. The van der Waals surface area contributed by atoms with Gasteiger partial charge < -0.3 is 14.8 Å². The zero-order valence-electron chi connectivity index (χ0n) is 12.4. The van der Waals surface area contributed by atoms with E-state index in [0.717, 1.165) is 24.2 Å². The number of amides is 2. The first-order chi connectivity index (χ1) is 10.7. The molecule has 0 aromatic heterocycles. The summed E-state index contributed by atoms with van der Waals surface area (Å²) in [6.45, 7) is 1.05. The van der Waals surface area contributed by atoms with Crippen LogP contribution in [0, 0.1) is 0 Å². The fourth-order valence-electron chi connectivity index (χ4n) is 2.00. The molecule has 0 aliphatic carbocycles. The van der Waals surface area contributed by atoms with Crippen LogP contribution in [0.3, 0.4) is 0 Å². The number of ether oxygens (including phenoxy) is 2. The van der Waals surface area contributed by atoms with Crippen molar-refractivity contribution in [1.29, 1.82) is 0 Å². The lowest BCUT2D eigenvalue weighted by Gasteiger charge is -2.09. The quantitative estimate of drug-likeness (QED) is 0.469. The molecule has 0 radical (unpaired) electrons. The first-order valence-electron chi connectivity index (χ1n) is 7.06. The maximum atomic E-state index is 11.6. The molecule has 118 valence electrons. The van der Waals surface area contributed by atoms with E-state index in [4.69, 9.17) is 9.47 Å². The van der Waals surface area contributed by atoms with Crippen LogP contribution in [0.1, 0.15) is 18.4 Å². The maximum Gasteiger partial charge on any atom is 0.329 e. The van der Waals surface area contributed by atoms with E-state index in [9.17, 15) is 9.59 Å². The maximum absolute atomic E-state index is 11.6. The number of rotatable bonds is 5. The van der Waals surface area contributed by atoms with Gasteiger partial charge >= 0.3 is 11.8 Å². The van der Waals surface area contributed by atoms with Crippen LogP contribution in [-0.2, 0) is 14.3 Å². The second kappa shape index (κ2) is 8.14. The summed E-state index contributed by atoms with van der Waals surface area (Å²) < 4.78 is 10.4. The zero-order valence-corrected chi connectivity index (χ0v) is 12.4. The number of hydrogen-bond acceptors (Lipinski definition) is 5. The molecule has 7 heteroatoms. The number of carbonyl (C=O) groups is 2. The number of hydrogen-bond donors (Lipinski definition) is 2. The van der Waals surface area contributed by atoms with Gasteiger partial charge in [0.1, 0.15) is 5.75 Å². The molecule has 2 amide bonds. The Morgan fingerprint density at radius 2 is 2.14 bits per heavy atom. The number of hydrazone groups is 1. The van der Waals surface area contributed by atoms with Crippen molar-refractivity contribution in [2.45, 2.75) is 18.9 Å². The number of methoxy groups -OCH3 is 1. The van der Waals surface area contributed by atoms with Gasteiger partial charge in [-0.1, -0.05) is 0 Å². The Morgan fingerprint density at radius 1 is 1.36 bits per heavy atom. The Hall–Kier alpha value is -2.41. The minimum absolute atomic E-state index is 0.000416. The van der Waals surface area contributed by atoms with Gasteiger partial charge in [-0.05, 0) is 42.7 Å². The highest BCUT2D eigenvalue weighted by Crippen LogP contribution is 2.10. The van der Waals surface area contributed by atoms with Crippen molar-refractivity contribution in [1.82, 2.24) is 10.7 Å².